The van der Waals surface area contributed by atoms with Gasteiger partial charge in [-0.2, -0.15) is 18.4 Å². The van der Waals surface area contributed by atoms with E-state index in [-0.39, 0.29) is 16.9 Å². The molecular formula is C17H16F3N5O2. The number of alkyl halides is 3. The molecule has 2 heterocycles. The number of aromatic nitrogens is 2. The lowest BCUT2D eigenvalue weighted by atomic mass is 10.0. The topological polar surface area (TPSA) is 99.9 Å². The highest BCUT2D eigenvalue weighted by Gasteiger charge is 2.32. The van der Waals surface area contributed by atoms with Gasteiger partial charge >= 0.3 is 12.2 Å². The third kappa shape index (κ3) is 4.71. The first-order valence-electron chi connectivity index (χ1n) is 7.71. The van der Waals surface area contributed by atoms with Gasteiger partial charge < -0.3 is 15.4 Å². The number of carbonyl (C=O) groups excluding carboxylic acids is 1. The SMILES string of the molecule is CO[C@H](C)c1c(NC(=O)Nc2ccnc(C(F)(F)F)c2)cnc(C)c1C#N. The summed E-state index contributed by atoms with van der Waals surface area (Å²) in [6.07, 6.45) is -2.85. The Morgan fingerprint density at radius 3 is 2.63 bits per heavy atom. The zero-order chi connectivity index (χ0) is 20.2. The molecule has 0 radical (unpaired) electrons. The number of pyridine rings is 2. The van der Waals surface area contributed by atoms with Crippen LogP contribution in [0.3, 0.4) is 0 Å². The Labute approximate surface area is 153 Å². The van der Waals surface area contributed by atoms with Gasteiger partial charge in [0, 0.05) is 24.6 Å². The number of anilines is 2. The van der Waals surface area contributed by atoms with Crippen molar-refractivity contribution in [3.63, 3.8) is 0 Å². The fourth-order valence-electron chi connectivity index (χ4n) is 2.35. The smallest absolute Gasteiger partial charge is 0.377 e. The lowest BCUT2D eigenvalue weighted by molar-refractivity contribution is -0.141. The lowest BCUT2D eigenvalue weighted by Gasteiger charge is -2.18. The molecule has 7 nitrogen and oxygen atoms in total. The van der Waals surface area contributed by atoms with Crippen LogP contribution in [0, 0.1) is 18.3 Å². The molecule has 2 N–H and O–H groups in total. The standard InChI is InChI=1S/C17H16F3N5O2/c1-9-12(7-21)15(10(2)27-3)13(8-23-9)25-16(26)24-11-4-5-22-14(6-11)17(18,19)20/h4-6,8,10H,1-3H3,(H2,22,24,25,26)/t10-/m1/s1. The number of nitrogens with one attached hydrogen (secondary N) is 2. The van der Waals surface area contributed by atoms with Crippen LogP contribution in [-0.2, 0) is 10.9 Å². The van der Waals surface area contributed by atoms with Crippen molar-refractivity contribution in [1.82, 2.24) is 9.97 Å². The van der Waals surface area contributed by atoms with E-state index >= 15 is 0 Å². The maximum atomic E-state index is 12.7. The second-order valence-corrected chi connectivity index (χ2v) is 5.54. The third-order valence-electron chi connectivity index (χ3n) is 3.74. The predicted octanol–water partition coefficient (Wildman–Crippen LogP) is 4.03. The summed E-state index contributed by atoms with van der Waals surface area (Å²) in [4.78, 5) is 19.5. The van der Waals surface area contributed by atoms with Gasteiger partial charge in [-0.25, -0.2) is 4.79 Å². The number of carbonyl (C=O) groups is 1. The van der Waals surface area contributed by atoms with E-state index in [2.05, 4.69) is 20.6 Å². The van der Waals surface area contributed by atoms with Crippen molar-refractivity contribution in [3.05, 3.63) is 47.0 Å². The van der Waals surface area contributed by atoms with E-state index < -0.39 is 24.0 Å². The second-order valence-electron chi connectivity index (χ2n) is 5.54. The van der Waals surface area contributed by atoms with Crippen molar-refractivity contribution in [3.8, 4) is 6.07 Å². The number of methoxy groups -OCH3 is 1. The number of aryl methyl sites for hydroxylation is 1. The van der Waals surface area contributed by atoms with Gasteiger partial charge in [0.25, 0.3) is 0 Å². The minimum atomic E-state index is -4.63. The van der Waals surface area contributed by atoms with Gasteiger partial charge in [0.05, 0.1) is 29.2 Å². The van der Waals surface area contributed by atoms with Gasteiger partial charge in [0.2, 0.25) is 0 Å². The molecule has 27 heavy (non-hydrogen) atoms. The summed E-state index contributed by atoms with van der Waals surface area (Å²) in [5.74, 6) is 0. The molecule has 0 saturated heterocycles. The highest BCUT2D eigenvalue weighted by molar-refractivity contribution is 6.00. The minimum Gasteiger partial charge on any atom is -0.377 e. The summed E-state index contributed by atoms with van der Waals surface area (Å²) in [5.41, 5.74) is 0.147. The van der Waals surface area contributed by atoms with Crippen molar-refractivity contribution in [1.29, 1.82) is 5.26 Å². The Bertz CT molecular complexity index is 893. The molecule has 0 fully saturated rings. The molecule has 0 bridgehead atoms. The van der Waals surface area contributed by atoms with Crippen LogP contribution in [0.4, 0.5) is 29.3 Å². The average Bonchev–Trinajstić information content (AvgIpc) is 2.61. The molecular weight excluding hydrogens is 363 g/mol. The van der Waals surface area contributed by atoms with Crippen molar-refractivity contribution in [2.24, 2.45) is 0 Å². The number of halogens is 3. The van der Waals surface area contributed by atoms with E-state index in [0.717, 1.165) is 6.20 Å². The Balaban J connectivity index is 2.28. The second kappa shape index (κ2) is 8.01. The number of ether oxygens (including phenoxy) is 1. The Morgan fingerprint density at radius 1 is 1.33 bits per heavy atom. The maximum absolute atomic E-state index is 12.7. The Morgan fingerprint density at radius 2 is 2.04 bits per heavy atom. The van der Waals surface area contributed by atoms with E-state index in [1.807, 2.05) is 6.07 Å². The van der Waals surface area contributed by atoms with Gasteiger partial charge in [-0.1, -0.05) is 0 Å². The predicted molar refractivity (Wildman–Crippen MR) is 91.0 cm³/mol. The first kappa shape index (κ1) is 20.1. The first-order valence-corrected chi connectivity index (χ1v) is 7.71. The van der Waals surface area contributed by atoms with E-state index in [0.29, 0.717) is 17.3 Å². The molecule has 0 unspecified atom stereocenters. The summed E-state index contributed by atoms with van der Waals surface area (Å²) in [7, 11) is 1.45. The molecule has 2 rings (SSSR count). The van der Waals surface area contributed by atoms with Crippen LogP contribution in [-0.4, -0.2) is 23.1 Å². The van der Waals surface area contributed by atoms with Crippen LogP contribution in [0.1, 0.15) is 35.5 Å². The van der Waals surface area contributed by atoms with Crippen LogP contribution >= 0.6 is 0 Å². The molecule has 0 aromatic carbocycles. The summed E-state index contributed by atoms with van der Waals surface area (Å²) >= 11 is 0. The molecule has 0 aliphatic rings. The summed E-state index contributed by atoms with van der Waals surface area (Å²) in [5, 5.41) is 14.1. The largest absolute Gasteiger partial charge is 0.433 e. The first-order chi connectivity index (χ1) is 12.7. The Kier molecular flexibility index (Phi) is 5.97. The van der Waals surface area contributed by atoms with Gasteiger partial charge in [-0.3, -0.25) is 9.97 Å². The summed E-state index contributed by atoms with van der Waals surface area (Å²) < 4.78 is 43.4. The molecule has 10 heteroatoms. The van der Waals surface area contributed by atoms with Gasteiger partial charge in [0.15, 0.2) is 0 Å². The number of rotatable bonds is 4. The van der Waals surface area contributed by atoms with E-state index in [9.17, 15) is 23.2 Å². The number of nitriles is 1. The van der Waals surface area contributed by atoms with Crippen LogP contribution in [0.15, 0.2) is 24.5 Å². The van der Waals surface area contributed by atoms with Gasteiger partial charge in [-0.15, -0.1) is 0 Å². The summed E-state index contributed by atoms with van der Waals surface area (Å²) in [6, 6.07) is 3.16. The zero-order valence-electron chi connectivity index (χ0n) is 14.7. The molecule has 2 aromatic heterocycles. The van der Waals surface area contributed by atoms with E-state index in [1.54, 1.807) is 13.8 Å². The summed E-state index contributed by atoms with van der Waals surface area (Å²) in [6.45, 7) is 3.33. The van der Waals surface area contributed by atoms with Crippen LogP contribution in [0.5, 0.6) is 0 Å². The third-order valence-corrected chi connectivity index (χ3v) is 3.74. The molecule has 0 aliphatic heterocycles. The highest BCUT2D eigenvalue weighted by Crippen LogP contribution is 2.30. The fraction of sp³-hybridized carbons (Fsp3) is 0.294. The van der Waals surface area contributed by atoms with Crippen molar-refractivity contribution in [2.75, 3.05) is 17.7 Å². The zero-order valence-corrected chi connectivity index (χ0v) is 14.7. The van der Waals surface area contributed by atoms with Crippen LogP contribution in [0.2, 0.25) is 0 Å². The number of hydrogen-bond acceptors (Lipinski definition) is 5. The minimum absolute atomic E-state index is 0.0863. The van der Waals surface area contributed by atoms with Gasteiger partial charge in [-0.05, 0) is 26.0 Å². The van der Waals surface area contributed by atoms with Crippen LogP contribution in [0.25, 0.3) is 0 Å². The van der Waals surface area contributed by atoms with Crippen molar-refractivity contribution < 1.29 is 22.7 Å². The molecule has 0 saturated carbocycles. The average molecular weight is 379 g/mol. The molecule has 0 aliphatic carbocycles. The lowest BCUT2D eigenvalue weighted by Crippen LogP contribution is -2.22. The van der Waals surface area contributed by atoms with E-state index in [4.69, 9.17) is 4.74 Å². The van der Waals surface area contributed by atoms with Gasteiger partial charge in [0.1, 0.15) is 11.8 Å². The van der Waals surface area contributed by atoms with Crippen LogP contribution < -0.4 is 10.6 Å². The fourth-order valence-corrected chi connectivity index (χ4v) is 2.35. The normalized spacial score (nSPS) is 12.2. The molecule has 2 amide bonds. The quantitative estimate of drug-likeness (QED) is 0.836. The molecule has 2 aromatic rings. The Hall–Kier alpha value is -3.19. The maximum Gasteiger partial charge on any atom is 0.433 e. The number of hydrogen-bond donors (Lipinski definition) is 2. The number of nitrogens with zero attached hydrogens (tertiary/aromatic N) is 3. The van der Waals surface area contributed by atoms with Crippen molar-refractivity contribution >= 4 is 17.4 Å². The molecule has 1 atom stereocenters. The van der Waals surface area contributed by atoms with E-state index in [1.165, 1.54) is 19.4 Å². The van der Waals surface area contributed by atoms with Crippen molar-refractivity contribution in [2.45, 2.75) is 26.1 Å². The monoisotopic (exact) mass is 379 g/mol. The number of urea groups is 1. The highest BCUT2D eigenvalue weighted by atomic mass is 19.4. The molecule has 142 valence electrons. The number of amides is 2. The molecule has 0 spiro atoms.